The lowest BCUT2D eigenvalue weighted by atomic mass is 10.1. The number of imidazole rings is 1. The highest BCUT2D eigenvalue weighted by Crippen LogP contribution is 2.31. The predicted octanol–water partition coefficient (Wildman–Crippen LogP) is 1.82. The summed E-state index contributed by atoms with van der Waals surface area (Å²) < 4.78 is 17.3. The van der Waals surface area contributed by atoms with Crippen LogP contribution in [0.4, 0.5) is 5.13 Å². The van der Waals surface area contributed by atoms with Crippen LogP contribution in [0.15, 0.2) is 36.9 Å². The lowest BCUT2D eigenvalue weighted by Crippen LogP contribution is -2.44. The second kappa shape index (κ2) is 8.31. The molecule has 1 N–H and O–H groups in total. The quantitative estimate of drug-likeness (QED) is 0.643. The molecule has 0 radical (unpaired) electrons. The van der Waals surface area contributed by atoms with Gasteiger partial charge in [0.05, 0.1) is 0 Å². The Balaban J connectivity index is 1.18. The minimum absolute atomic E-state index is 0.0319. The van der Waals surface area contributed by atoms with Crippen molar-refractivity contribution in [3.05, 3.63) is 42.5 Å². The molecule has 0 bridgehead atoms. The standard InChI is InChI=1S/C20H22N6O3S/c27-18(22-6-5-14-3-4-16-17(12-14)29-11-10-28-16)15-2-1-8-26(15)20-23-19(24-30-20)25-9-7-21-13-25/h3-4,7,9,12-13,15H,1-2,5-6,8,10-11H2,(H,22,27)/t15-/m1/s1. The first-order chi connectivity index (χ1) is 14.8. The van der Waals surface area contributed by atoms with E-state index in [1.807, 2.05) is 18.2 Å². The van der Waals surface area contributed by atoms with E-state index >= 15 is 0 Å². The van der Waals surface area contributed by atoms with E-state index in [9.17, 15) is 4.79 Å². The number of nitrogens with zero attached hydrogens (tertiary/aromatic N) is 5. The average Bonchev–Trinajstić information content (AvgIpc) is 3.54. The van der Waals surface area contributed by atoms with Crippen molar-refractivity contribution < 1.29 is 14.3 Å². The van der Waals surface area contributed by atoms with Crippen molar-refractivity contribution >= 4 is 22.6 Å². The molecule has 1 fully saturated rings. The van der Waals surface area contributed by atoms with Gasteiger partial charge in [-0.05, 0) is 37.0 Å². The lowest BCUT2D eigenvalue weighted by Gasteiger charge is -2.22. The van der Waals surface area contributed by atoms with Gasteiger partial charge in [0, 0.05) is 37.0 Å². The van der Waals surface area contributed by atoms with Gasteiger partial charge in [-0.2, -0.15) is 9.36 Å². The minimum atomic E-state index is -0.214. The maximum Gasteiger partial charge on any atom is 0.248 e. The summed E-state index contributed by atoms with van der Waals surface area (Å²) in [7, 11) is 0. The number of aromatic nitrogens is 4. The Hall–Kier alpha value is -3.14. The van der Waals surface area contributed by atoms with Crippen LogP contribution in [0.2, 0.25) is 0 Å². The van der Waals surface area contributed by atoms with Gasteiger partial charge >= 0.3 is 0 Å². The molecule has 3 aromatic rings. The molecule has 1 aromatic carbocycles. The summed E-state index contributed by atoms with van der Waals surface area (Å²) in [5.41, 5.74) is 1.11. The van der Waals surface area contributed by atoms with Crippen LogP contribution in [0.5, 0.6) is 11.5 Å². The van der Waals surface area contributed by atoms with E-state index in [-0.39, 0.29) is 11.9 Å². The zero-order valence-corrected chi connectivity index (χ0v) is 17.2. The Morgan fingerprint density at radius 2 is 2.17 bits per heavy atom. The van der Waals surface area contributed by atoms with Crippen LogP contribution < -0.4 is 19.7 Å². The predicted molar refractivity (Wildman–Crippen MR) is 112 cm³/mol. The number of rotatable bonds is 6. The number of amides is 1. The summed E-state index contributed by atoms with van der Waals surface area (Å²) in [6.07, 6.45) is 7.67. The minimum Gasteiger partial charge on any atom is -0.486 e. The Kier molecular flexibility index (Phi) is 5.22. The molecule has 1 amide bonds. The normalized spacial score (nSPS) is 17.9. The van der Waals surface area contributed by atoms with Crippen molar-refractivity contribution in [1.82, 2.24) is 24.2 Å². The molecule has 0 aliphatic carbocycles. The zero-order valence-electron chi connectivity index (χ0n) is 16.4. The number of nitrogens with one attached hydrogen (secondary N) is 1. The second-order valence-electron chi connectivity index (χ2n) is 7.22. The number of benzene rings is 1. The van der Waals surface area contributed by atoms with Gasteiger partial charge in [0.1, 0.15) is 25.6 Å². The maximum atomic E-state index is 12.8. The third kappa shape index (κ3) is 3.82. The van der Waals surface area contributed by atoms with Crippen molar-refractivity contribution in [2.45, 2.75) is 25.3 Å². The van der Waals surface area contributed by atoms with Crippen LogP contribution in [-0.4, -0.2) is 57.2 Å². The van der Waals surface area contributed by atoms with Gasteiger partial charge in [-0.25, -0.2) is 4.98 Å². The molecule has 9 nitrogen and oxygen atoms in total. The van der Waals surface area contributed by atoms with Gasteiger partial charge in [-0.3, -0.25) is 9.36 Å². The highest BCUT2D eigenvalue weighted by atomic mass is 32.1. The first-order valence-corrected chi connectivity index (χ1v) is 10.8. The molecule has 1 saturated heterocycles. The summed E-state index contributed by atoms with van der Waals surface area (Å²) in [4.78, 5) is 23.5. The fourth-order valence-electron chi connectivity index (χ4n) is 3.77. The molecular formula is C20H22N6O3S. The SMILES string of the molecule is O=C(NCCc1ccc2c(c1)OCCO2)[C@H]1CCCN1c1nc(-n2ccnc2)ns1. The number of hydrogen-bond donors (Lipinski definition) is 1. The van der Waals surface area contributed by atoms with E-state index < -0.39 is 0 Å². The van der Waals surface area contributed by atoms with Gasteiger partial charge < -0.3 is 19.7 Å². The summed E-state index contributed by atoms with van der Waals surface area (Å²) in [6, 6.07) is 5.72. The van der Waals surface area contributed by atoms with E-state index in [0.717, 1.165) is 48.0 Å². The molecule has 4 heterocycles. The molecule has 5 rings (SSSR count). The average molecular weight is 427 g/mol. The van der Waals surface area contributed by atoms with Crippen molar-refractivity contribution in [3.63, 3.8) is 0 Å². The third-order valence-electron chi connectivity index (χ3n) is 5.26. The van der Waals surface area contributed by atoms with Gasteiger partial charge in [-0.15, -0.1) is 0 Å². The van der Waals surface area contributed by atoms with Crippen LogP contribution in [0.3, 0.4) is 0 Å². The molecule has 30 heavy (non-hydrogen) atoms. The first-order valence-electron chi connectivity index (χ1n) is 10.0. The topological polar surface area (TPSA) is 94.4 Å². The molecule has 10 heteroatoms. The molecule has 2 aromatic heterocycles. The van der Waals surface area contributed by atoms with E-state index in [2.05, 4.69) is 24.6 Å². The summed E-state index contributed by atoms with van der Waals surface area (Å²) >= 11 is 1.31. The maximum absolute atomic E-state index is 12.8. The smallest absolute Gasteiger partial charge is 0.248 e. The number of fused-ring (bicyclic) bond motifs is 1. The molecule has 156 valence electrons. The molecule has 0 unspecified atom stereocenters. The zero-order chi connectivity index (χ0) is 20.3. The molecule has 2 aliphatic rings. The molecule has 0 saturated carbocycles. The van der Waals surface area contributed by atoms with Crippen molar-refractivity contribution in [2.24, 2.45) is 0 Å². The van der Waals surface area contributed by atoms with Gasteiger partial charge in [0.15, 0.2) is 11.5 Å². The second-order valence-corrected chi connectivity index (χ2v) is 7.95. The summed E-state index contributed by atoms with van der Waals surface area (Å²) in [6.45, 7) is 2.52. The fourth-order valence-corrected chi connectivity index (χ4v) is 4.51. The van der Waals surface area contributed by atoms with Crippen molar-refractivity contribution in [2.75, 3.05) is 31.2 Å². The lowest BCUT2D eigenvalue weighted by molar-refractivity contribution is -0.122. The van der Waals surface area contributed by atoms with Gasteiger partial charge in [-0.1, -0.05) is 6.07 Å². The summed E-state index contributed by atoms with van der Waals surface area (Å²) in [5, 5.41) is 3.84. The molecule has 1 atom stereocenters. The van der Waals surface area contributed by atoms with Gasteiger partial charge in [0.2, 0.25) is 17.0 Å². The van der Waals surface area contributed by atoms with Crippen molar-refractivity contribution in [3.8, 4) is 17.4 Å². The Bertz CT molecular complexity index is 1020. The first kappa shape index (κ1) is 18.9. The number of carbonyl (C=O) groups is 1. The van der Waals surface area contributed by atoms with Crippen LogP contribution in [0.25, 0.3) is 5.95 Å². The summed E-state index contributed by atoms with van der Waals surface area (Å²) in [5.74, 6) is 2.17. The van der Waals surface area contributed by atoms with Crippen LogP contribution in [-0.2, 0) is 11.2 Å². The van der Waals surface area contributed by atoms with E-state index in [1.165, 1.54) is 11.5 Å². The largest absolute Gasteiger partial charge is 0.486 e. The fraction of sp³-hybridized carbons (Fsp3) is 0.400. The monoisotopic (exact) mass is 426 g/mol. The Morgan fingerprint density at radius 1 is 1.27 bits per heavy atom. The Morgan fingerprint density at radius 3 is 3.03 bits per heavy atom. The van der Waals surface area contributed by atoms with Crippen LogP contribution in [0.1, 0.15) is 18.4 Å². The molecule has 2 aliphatic heterocycles. The molecule has 0 spiro atoms. The number of ether oxygens (including phenoxy) is 2. The number of anilines is 1. The van der Waals surface area contributed by atoms with Crippen molar-refractivity contribution in [1.29, 1.82) is 0 Å². The van der Waals surface area contributed by atoms with E-state index in [1.54, 1.807) is 23.3 Å². The van der Waals surface area contributed by atoms with E-state index in [0.29, 0.717) is 25.7 Å². The van der Waals surface area contributed by atoms with Crippen LogP contribution in [0, 0.1) is 0 Å². The van der Waals surface area contributed by atoms with Crippen LogP contribution >= 0.6 is 11.5 Å². The highest BCUT2D eigenvalue weighted by molar-refractivity contribution is 7.09. The molecular weight excluding hydrogens is 404 g/mol. The highest BCUT2D eigenvalue weighted by Gasteiger charge is 2.32. The Labute approximate surface area is 177 Å². The number of hydrogen-bond acceptors (Lipinski definition) is 8. The van der Waals surface area contributed by atoms with Gasteiger partial charge in [0.25, 0.3) is 0 Å². The number of carbonyl (C=O) groups excluding carboxylic acids is 1. The third-order valence-corrected chi connectivity index (χ3v) is 6.00. The van der Waals surface area contributed by atoms with E-state index in [4.69, 9.17) is 9.47 Å².